The molecule has 1 aromatic carbocycles. The molecular weight excluding hydrogens is 226 g/mol. The fourth-order valence-corrected chi connectivity index (χ4v) is 2.71. The molecule has 3 heteroatoms. The second kappa shape index (κ2) is 5.61. The standard InChI is InChI=1S/C15H23NO2/c1-4-12-7-8-16(10-12)11(2)13-5-6-14(17)15(9-13)18-3/h5-6,9,11-12,17H,4,7-8,10H2,1-3H3. The van der Waals surface area contributed by atoms with Crippen LogP contribution in [0.5, 0.6) is 11.5 Å². The maximum atomic E-state index is 9.62. The molecule has 3 nitrogen and oxygen atoms in total. The molecule has 1 N–H and O–H groups in total. The van der Waals surface area contributed by atoms with E-state index in [1.807, 2.05) is 12.1 Å². The first kappa shape index (κ1) is 13.2. The number of hydrogen-bond donors (Lipinski definition) is 1. The Morgan fingerprint density at radius 3 is 2.89 bits per heavy atom. The molecule has 0 radical (unpaired) electrons. The van der Waals surface area contributed by atoms with Gasteiger partial charge in [0.2, 0.25) is 0 Å². The molecule has 0 aromatic heterocycles. The molecule has 1 aliphatic heterocycles. The first-order valence-corrected chi connectivity index (χ1v) is 6.76. The third-order valence-electron chi connectivity index (χ3n) is 4.13. The van der Waals surface area contributed by atoms with Crippen molar-refractivity contribution in [1.29, 1.82) is 0 Å². The van der Waals surface area contributed by atoms with Crippen molar-refractivity contribution in [3.8, 4) is 11.5 Å². The van der Waals surface area contributed by atoms with Crippen molar-refractivity contribution < 1.29 is 9.84 Å². The Morgan fingerprint density at radius 2 is 2.28 bits per heavy atom. The van der Waals surface area contributed by atoms with Gasteiger partial charge in [-0.1, -0.05) is 19.4 Å². The molecule has 1 fully saturated rings. The zero-order valence-corrected chi connectivity index (χ0v) is 11.5. The summed E-state index contributed by atoms with van der Waals surface area (Å²) in [6, 6.07) is 6.04. The summed E-state index contributed by atoms with van der Waals surface area (Å²) >= 11 is 0. The maximum Gasteiger partial charge on any atom is 0.160 e. The summed E-state index contributed by atoms with van der Waals surface area (Å²) in [4.78, 5) is 2.51. The topological polar surface area (TPSA) is 32.7 Å². The molecule has 2 atom stereocenters. The second-order valence-corrected chi connectivity index (χ2v) is 5.17. The fraction of sp³-hybridized carbons (Fsp3) is 0.600. The van der Waals surface area contributed by atoms with Crippen LogP contribution in [0.15, 0.2) is 18.2 Å². The Hall–Kier alpha value is -1.22. The Kier molecular flexibility index (Phi) is 4.12. The summed E-state index contributed by atoms with van der Waals surface area (Å²) in [6.45, 7) is 6.84. The molecule has 1 saturated heterocycles. The maximum absolute atomic E-state index is 9.62. The zero-order chi connectivity index (χ0) is 13.1. The van der Waals surface area contributed by atoms with Crippen LogP contribution in [0.25, 0.3) is 0 Å². The predicted octanol–water partition coefficient (Wildman–Crippen LogP) is 3.19. The Morgan fingerprint density at radius 1 is 1.50 bits per heavy atom. The number of methoxy groups -OCH3 is 1. The van der Waals surface area contributed by atoms with Gasteiger partial charge in [0.05, 0.1) is 7.11 Å². The van der Waals surface area contributed by atoms with Crippen molar-refractivity contribution in [1.82, 2.24) is 4.90 Å². The van der Waals surface area contributed by atoms with Crippen molar-refractivity contribution >= 4 is 0 Å². The summed E-state index contributed by atoms with van der Waals surface area (Å²) in [6.07, 6.45) is 2.57. The lowest BCUT2D eigenvalue weighted by Crippen LogP contribution is -2.24. The van der Waals surface area contributed by atoms with Gasteiger partial charge in [0.15, 0.2) is 11.5 Å². The Balaban J connectivity index is 2.11. The number of aromatic hydroxyl groups is 1. The third kappa shape index (κ3) is 2.61. The van der Waals surface area contributed by atoms with Gasteiger partial charge in [-0.05, 0) is 43.5 Å². The van der Waals surface area contributed by atoms with Crippen molar-refractivity contribution in [3.63, 3.8) is 0 Å². The Bertz CT molecular complexity index is 405. The van der Waals surface area contributed by atoms with E-state index >= 15 is 0 Å². The number of phenolic OH excluding ortho intramolecular Hbond substituents is 1. The first-order valence-electron chi connectivity index (χ1n) is 6.76. The van der Waals surface area contributed by atoms with E-state index in [1.165, 1.54) is 31.5 Å². The predicted molar refractivity (Wildman–Crippen MR) is 73.0 cm³/mol. The van der Waals surface area contributed by atoms with Gasteiger partial charge in [-0.15, -0.1) is 0 Å². The van der Waals surface area contributed by atoms with E-state index in [9.17, 15) is 5.11 Å². The number of likely N-dealkylation sites (tertiary alicyclic amines) is 1. The molecule has 1 aromatic rings. The summed E-state index contributed by atoms with van der Waals surface area (Å²) in [5.41, 5.74) is 1.21. The SMILES string of the molecule is CCC1CCN(C(C)c2ccc(O)c(OC)c2)C1. The van der Waals surface area contributed by atoms with Crippen LogP contribution in [0.4, 0.5) is 0 Å². The number of rotatable bonds is 4. The summed E-state index contributed by atoms with van der Waals surface area (Å²) in [7, 11) is 1.59. The van der Waals surface area contributed by atoms with Crippen LogP contribution in [0.1, 0.15) is 38.3 Å². The second-order valence-electron chi connectivity index (χ2n) is 5.17. The van der Waals surface area contributed by atoms with E-state index in [0.29, 0.717) is 11.8 Å². The third-order valence-corrected chi connectivity index (χ3v) is 4.13. The van der Waals surface area contributed by atoms with Crippen LogP contribution in [-0.2, 0) is 0 Å². The molecule has 0 aliphatic carbocycles. The molecule has 2 unspecified atom stereocenters. The molecule has 0 amide bonds. The van der Waals surface area contributed by atoms with Crippen LogP contribution in [-0.4, -0.2) is 30.2 Å². The average molecular weight is 249 g/mol. The van der Waals surface area contributed by atoms with Crippen LogP contribution in [0, 0.1) is 5.92 Å². The van der Waals surface area contributed by atoms with Gasteiger partial charge in [-0.25, -0.2) is 0 Å². The van der Waals surface area contributed by atoms with Crippen LogP contribution in [0.2, 0.25) is 0 Å². The average Bonchev–Trinajstić information content (AvgIpc) is 2.87. The van der Waals surface area contributed by atoms with E-state index in [4.69, 9.17) is 4.74 Å². The number of hydrogen-bond acceptors (Lipinski definition) is 3. The van der Waals surface area contributed by atoms with Crippen LogP contribution >= 0.6 is 0 Å². The summed E-state index contributed by atoms with van der Waals surface area (Å²) in [5, 5.41) is 9.62. The van der Waals surface area contributed by atoms with Crippen molar-refractivity contribution in [2.24, 2.45) is 5.92 Å². The van der Waals surface area contributed by atoms with Gasteiger partial charge < -0.3 is 9.84 Å². The fourth-order valence-electron chi connectivity index (χ4n) is 2.71. The molecule has 1 heterocycles. The normalized spacial score (nSPS) is 22.1. The molecule has 100 valence electrons. The highest BCUT2D eigenvalue weighted by atomic mass is 16.5. The van der Waals surface area contributed by atoms with E-state index < -0.39 is 0 Å². The van der Waals surface area contributed by atoms with Crippen molar-refractivity contribution in [3.05, 3.63) is 23.8 Å². The highest BCUT2D eigenvalue weighted by Crippen LogP contribution is 2.33. The molecule has 0 saturated carbocycles. The monoisotopic (exact) mass is 249 g/mol. The summed E-state index contributed by atoms with van der Waals surface area (Å²) in [5.74, 6) is 1.61. The van der Waals surface area contributed by atoms with Crippen LogP contribution < -0.4 is 4.74 Å². The van der Waals surface area contributed by atoms with Crippen LogP contribution in [0.3, 0.4) is 0 Å². The Labute approximate surface area is 109 Å². The molecule has 2 rings (SSSR count). The van der Waals surface area contributed by atoms with Gasteiger partial charge in [0.1, 0.15) is 0 Å². The molecule has 0 spiro atoms. The lowest BCUT2D eigenvalue weighted by Gasteiger charge is -2.25. The minimum atomic E-state index is 0.210. The van der Waals surface area contributed by atoms with Gasteiger partial charge >= 0.3 is 0 Å². The number of phenols is 1. The van der Waals surface area contributed by atoms with Crippen molar-refractivity contribution in [2.75, 3.05) is 20.2 Å². The van der Waals surface area contributed by atoms with Gasteiger partial charge in [-0.2, -0.15) is 0 Å². The minimum Gasteiger partial charge on any atom is -0.504 e. The lowest BCUT2D eigenvalue weighted by molar-refractivity contribution is 0.251. The van der Waals surface area contributed by atoms with Gasteiger partial charge in [-0.3, -0.25) is 4.90 Å². The van der Waals surface area contributed by atoms with E-state index in [2.05, 4.69) is 18.7 Å². The zero-order valence-electron chi connectivity index (χ0n) is 11.5. The molecular formula is C15H23NO2. The number of benzene rings is 1. The lowest BCUT2D eigenvalue weighted by atomic mass is 10.1. The molecule has 18 heavy (non-hydrogen) atoms. The largest absolute Gasteiger partial charge is 0.504 e. The van der Waals surface area contributed by atoms with E-state index in [0.717, 1.165) is 5.92 Å². The van der Waals surface area contributed by atoms with E-state index in [1.54, 1.807) is 13.2 Å². The van der Waals surface area contributed by atoms with Gasteiger partial charge in [0, 0.05) is 12.6 Å². The smallest absolute Gasteiger partial charge is 0.160 e. The molecule has 0 bridgehead atoms. The minimum absolute atomic E-state index is 0.210. The van der Waals surface area contributed by atoms with E-state index in [-0.39, 0.29) is 5.75 Å². The van der Waals surface area contributed by atoms with Crippen molar-refractivity contribution in [2.45, 2.75) is 32.7 Å². The quantitative estimate of drug-likeness (QED) is 0.889. The summed E-state index contributed by atoms with van der Waals surface area (Å²) < 4.78 is 5.17. The molecule has 1 aliphatic rings. The first-order chi connectivity index (χ1) is 8.65. The van der Waals surface area contributed by atoms with Gasteiger partial charge in [0.25, 0.3) is 0 Å². The highest BCUT2D eigenvalue weighted by Gasteiger charge is 2.25. The highest BCUT2D eigenvalue weighted by molar-refractivity contribution is 5.42. The number of ether oxygens (including phenoxy) is 1. The number of nitrogens with zero attached hydrogens (tertiary/aromatic N) is 1.